The molecule has 0 spiro atoms. The van der Waals surface area contributed by atoms with Crippen LogP contribution in [0.4, 0.5) is 5.82 Å². The molecule has 2 unspecified atom stereocenters. The first-order valence-electron chi connectivity index (χ1n) is 8.95. The normalized spacial score (nSPS) is 24.9. The molecule has 3 heteroatoms. The number of rotatable bonds is 5. The molecule has 116 valence electrons. The molecule has 2 aliphatic carbocycles. The van der Waals surface area contributed by atoms with E-state index in [2.05, 4.69) is 19.2 Å². The van der Waals surface area contributed by atoms with Crippen molar-refractivity contribution in [3.63, 3.8) is 0 Å². The molecule has 0 radical (unpaired) electrons. The lowest BCUT2D eigenvalue weighted by molar-refractivity contribution is 0.307. The first kappa shape index (κ1) is 14.8. The number of nitrogens with one attached hydrogen (secondary N) is 1. The highest BCUT2D eigenvalue weighted by atomic mass is 15.0. The van der Waals surface area contributed by atoms with Gasteiger partial charge in [0, 0.05) is 23.7 Å². The molecule has 1 aromatic rings. The fraction of sp³-hybridized carbons (Fsp3) is 0.778. The Kier molecular flexibility index (Phi) is 4.77. The fourth-order valence-corrected chi connectivity index (χ4v) is 3.92. The van der Waals surface area contributed by atoms with Crippen LogP contribution in [0.2, 0.25) is 0 Å². The van der Waals surface area contributed by atoms with Gasteiger partial charge in [0.25, 0.3) is 0 Å². The molecular weight excluding hydrogens is 258 g/mol. The SMILES string of the molecule is CCCNc1nc(C2CCCC(CC)C2)nc2c1CCC2. The Hall–Kier alpha value is -1.12. The van der Waals surface area contributed by atoms with Gasteiger partial charge in [0.15, 0.2) is 0 Å². The van der Waals surface area contributed by atoms with Crippen molar-refractivity contribution >= 4 is 5.82 Å². The van der Waals surface area contributed by atoms with E-state index in [-0.39, 0.29) is 0 Å². The smallest absolute Gasteiger partial charge is 0.134 e. The van der Waals surface area contributed by atoms with E-state index in [1.807, 2.05) is 0 Å². The van der Waals surface area contributed by atoms with Gasteiger partial charge in [-0.3, -0.25) is 0 Å². The molecule has 1 saturated carbocycles. The van der Waals surface area contributed by atoms with E-state index in [0.29, 0.717) is 5.92 Å². The lowest BCUT2D eigenvalue weighted by Gasteiger charge is -2.28. The van der Waals surface area contributed by atoms with E-state index in [0.717, 1.165) is 43.4 Å². The molecule has 0 aliphatic heterocycles. The van der Waals surface area contributed by atoms with Gasteiger partial charge < -0.3 is 5.32 Å². The molecule has 2 atom stereocenters. The number of aromatic nitrogens is 2. The molecule has 1 N–H and O–H groups in total. The van der Waals surface area contributed by atoms with E-state index in [4.69, 9.17) is 9.97 Å². The minimum atomic E-state index is 0.594. The van der Waals surface area contributed by atoms with Gasteiger partial charge in [-0.1, -0.05) is 33.1 Å². The lowest BCUT2D eigenvalue weighted by Crippen LogP contribution is -2.18. The first-order valence-corrected chi connectivity index (χ1v) is 8.95. The van der Waals surface area contributed by atoms with E-state index in [1.165, 1.54) is 49.8 Å². The van der Waals surface area contributed by atoms with Crippen LogP contribution in [0.25, 0.3) is 0 Å². The number of nitrogens with zero attached hydrogens (tertiary/aromatic N) is 2. The summed E-state index contributed by atoms with van der Waals surface area (Å²) in [4.78, 5) is 9.92. The maximum atomic E-state index is 4.96. The van der Waals surface area contributed by atoms with Crippen molar-refractivity contribution in [1.82, 2.24) is 9.97 Å². The van der Waals surface area contributed by atoms with Crippen molar-refractivity contribution in [2.75, 3.05) is 11.9 Å². The standard InChI is InChI=1S/C18H29N3/c1-3-11-19-18-15-9-6-10-16(15)20-17(21-18)14-8-5-7-13(4-2)12-14/h13-14H,3-12H2,1-2H3,(H,19,20,21). The average Bonchev–Trinajstić information content (AvgIpc) is 3.01. The van der Waals surface area contributed by atoms with Crippen LogP contribution in [0, 0.1) is 5.92 Å². The summed E-state index contributed by atoms with van der Waals surface area (Å²) in [6.07, 6.45) is 11.3. The van der Waals surface area contributed by atoms with Gasteiger partial charge in [-0.15, -0.1) is 0 Å². The molecule has 0 aromatic carbocycles. The van der Waals surface area contributed by atoms with Crippen molar-refractivity contribution < 1.29 is 0 Å². The average molecular weight is 287 g/mol. The number of anilines is 1. The fourth-order valence-electron chi connectivity index (χ4n) is 3.92. The highest BCUT2D eigenvalue weighted by Crippen LogP contribution is 2.37. The maximum Gasteiger partial charge on any atom is 0.134 e. The maximum absolute atomic E-state index is 4.96. The third-order valence-electron chi connectivity index (χ3n) is 5.22. The van der Waals surface area contributed by atoms with Gasteiger partial charge in [0.2, 0.25) is 0 Å². The summed E-state index contributed by atoms with van der Waals surface area (Å²) in [6, 6.07) is 0. The second kappa shape index (κ2) is 6.76. The summed E-state index contributed by atoms with van der Waals surface area (Å²) in [5.41, 5.74) is 2.73. The molecule has 1 fully saturated rings. The third kappa shape index (κ3) is 3.22. The Labute approximate surface area is 129 Å². The van der Waals surface area contributed by atoms with Crippen molar-refractivity contribution in [2.45, 2.75) is 77.6 Å². The predicted octanol–water partition coefficient (Wildman–Crippen LogP) is 4.47. The van der Waals surface area contributed by atoms with Crippen molar-refractivity contribution in [3.8, 4) is 0 Å². The van der Waals surface area contributed by atoms with Crippen LogP contribution >= 0.6 is 0 Å². The molecule has 3 rings (SSSR count). The van der Waals surface area contributed by atoms with Crippen LogP contribution < -0.4 is 5.32 Å². The molecule has 2 aliphatic rings. The van der Waals surface area contributed by atoms with E-state index < -0.39 is 0 Å². The minimum Gasteiger partial charge on any atom is -0.370 e. The van der Waals surface area contributed by atoms with Crippen molar-refractivity contribution in [2.24, 2.45) is 5.92 Å². The summed E-state index contributed by atoms with van der Waals surface area (Å²) in [5, 5.41) is 3.55. The zero-order valence-electron chi connectivity index (χ0n) is 13.6. The van der Waals surface area contributed by atoms with Crippen LogP contribution in [0.1, 0.15) is 81.8 Å². The van der Waals surface area contributed by atoms with Crippen LogP contribution in [0.3, 0.4) is 0 Å². The molecule has 0 amide bonds. The number of hydrogen-bond donors (Lipinski definition) is 1. The lowest BCUT2D eigenvalue weighted by atomic mass is 9.80. The molecule has 1 heterocycles. The number of fused-ring (bicyclic) bond motifs is 1. The number of aryl methyl sites for hydroxylation is 1. The summed E-state index contributed by atoms with van der Waals surface area (Å²) >= 11 is 0. The Balaban J connectivity index is 1.84. The zero-order valence-corrected chi connectivity index (χ0v) is 13.6. The van der Waals surface area contributed by atoms with Gasteiger partial charge >= 0.3 is 0 Å². The van der Waals surface area contributed by atoms with Crippen LogP contribution in [-0.2, 0) is 12.8 Å². The van der Waals surface area contributed by atoms with E-state index in [1.54, 1.807) is 0 Å². The largest absolute Gasteiger partial charge is 0.370 e. The molecule has 0 saturated heterocycles. The molecule has 0 bridgehead atoms. The molecule has 3 nitrogen and oxygen atoms in total. The third-order valence-corrected chi connectivity index (χ3v) is 5.22. The minimum absolute atomic E-state index is 0.594. The van der Waals surface area contributed by atoms with Crippen LogP contribution in [-0.4, -0.2) is 16.5 Å². The second-order valence-electron chi connectivity index (χ2n) is 6.77. The predicted molar refractivity (Wildman–Crippen MR) is 87.8 cm³/mol. The highest BCUT2D eigenvalue weighted by Gasteiger charge is 2.27. The molecular formula is C18H29N3. The van der Waals surface area contributed by atoms with Gasteiger partial charge in [-0.25, -0.2) is 9.97 Å². The van der Waals surface area contributed by atoms with Gasteiger partial charge in [-0.2, -0.15) is 0 Å². The van der Waals surface area contributed by atoms with Gasteiger partial charge in [0.1, 0.15) is 11.6 Å². The quantitative estimate of drug-likeness (QED) is 0.868. The Morgan fingerprint density at radius 1 is 1.10 bits per heavy atom. The van der Waals surface area contributed by atoms with Crippen molar-refractivity contribution in [3.05, 3.63) is 17.1 Å². The first-order chi connectivity index (χ1) is 10.3. The van der Waals surface area contributed by atoms with Gasteiger partial charge in [0.05, 0.1) is 0 Å². The van der Waals surface area contributed by atoms with Crippen molar-refractivity contribution in [1.29, 1.82) is 0 Å². The zero-order chi connectivity index (χ0) is 14.7. The second-order valence-corrected chi connectivity index (χ2v) is 6.77. The van der Waals surface area contributed by atoms with E-state index >= 15 is 0 Å². The van der Waals surface area contributed by atoms with Crippen LogP contribution in [0.15, 0.2) is 0 Å². The molecule has 1 aromatic heterocycles. The Bertz CT molecular complexity index is 484. The van der Waals surface area contributed by atoms with Gasteiger partial charge in [-0.05, 0) is 44.4 Å². The van der Waals surface area contributed by atoms with E-state index in [9.17, 15) is 0 Å². The number of hydrogen-bond acceptors (Lipinski definition) is 3. The summed E-state index contributed by atoms with van der Waals surface area (Å²) < 4.78 is 0. The Morgan fingerprint density at radius 2 is 2.00 bits per heavy atom. The summed E-state index contributed by atoms with van der Waals surface area (Å²) in [7, 11) is 0. The van der Waals surface area contributed by atoms with Crippen LogP contribution in [0.5, 0.6) is 0 Å². The summed E-state index contributed by atoms with van der Waals surface area (Å²) in [6.45, 7) is 5.55. The molecule has 21 heavy (non-hydrogen) atoms. The summed E-state index contributed by atoms with van der Waals surface area (Å²) in [5.74, 6) is 3.75. The Morgan fingerprint density at radius 3 is 2.81 bits per heavy atom. The topological polar surface area (TPSA) is 37.8 Å². The highest BCUT2D eigenvalue weighted by molar-refractivity contribution is 5.49. The monoisotopic (exact) mass is 287 g/mol.